The molecule has 15 heavy (non-hydrogen) atoms. The molecule has 0 bridgehead atoms. The molecule has 0 atom stereocenters. The summed E-state index contributed by atoms with van der Waals surface area (Å²) in [5.41, 5.74) is 0.744. The zero-order valence-corrected chi connectivity index (χ0v) is 9.91. The van der Waals surface area contributed by atoms with E-state index >= 15 is 0 Å². The Morgan fingerprint density at radius 3 is 2.73 bits per heavy atom. The summed E-state index contributed by atoms with van der Waals surface area (Å²) in [5.74, 6) is 2.70. The van der Waals surface area contributed by atoms with E-state index in [4.69, 9.17) is 6.42 Å². The highest BCUT2D eigenvalue weighted by Gasteiger charge is 2.13. The zero-order valence-electron chi connectivity index (χ0n) is 9.91. The highest BCUT2D eigenvalue weighted by Crippen LogP contribution is 2.06. The van der Waals surface area contributed by atoms with Crippen molar-refractivity contribution in [3.8, 4) is 12.3 Å². The lowest BCUT2D eigenvalue weighted by molar-refractivity contribution is 0.474. The van der Waals surface area contributed by atoms with Crippen LogP contribution in [0.4, 0.5) is 0 Å². The molecule has 0 saturated carbocycles. The van der Waals surface area contributed by atoms with Gasteiger partial charge in [0.15, 0.2) is 0 Å². The highest BCUT2D eigenvalue weighted by molar-refractivity contribution is 5.09. The van der Waals surface area contributed by atoms with Crippen LogP contribution in [-0.4, -0.2) is 15.3 Å². The molecular weight excluding hydrogens is 186 g/mol. The van der Waals surface area contributed by atoms with Crippen LogP contribution in [0.2, 0.25) is 0 Å². The van der Waals surface area contributed by atoms with E-state index in [1.165, 1.54) is 0 Å². The van der Waals surface area contributed by atoms with E-state index in [0.29, 0.717) is 12.6 Å². The molecule has 82 valence electrons. The number of rotatable bonds is 4. The molecule has 1 heterocycles. The molecule has 1 aromatic heterocycles. The van der Waals surface area contributed by atoms with Crippen molar-refractivity contribution in [3.05, 3.63) is 18.0 Å². The molecule has 0 saturated heterocycles. The molecule has 1 N–H and O–H groups in total. The van der Waals surface area contributed by atoms with Gasteiger partial charge in [-0.05, 0) is 33.8 Å². The summed E-state index contributed by atoms with van der Waals surface area (Å²) < 4.78 is 1.94. The number of hydrogen-bond donors (Lipinski definition) is 1. The van der Waals surface area contributed by atoms with Crippen molar-refractivity contribution in [2.75, 3.05) is 0 Å². The molecule has 0 amide bonds. The molecule has 1 aromatic rings. The third-order valence-electron chi connectivity index (χ3n) is 2.26. The van der Waals surface area contributed by atoms with Crippen molar-refractivity contribution < 1.29 is 0 Å². The fourth-order valence-electron chi connectivity index (χ4n) is 1.12. The van der Waals surface area contributed by atoms with Crippen molar-refractivity contribution in [1.82, 2.24) is 15.1 Å². The van der Waals surface area contributed by atoms with Crippen molar-refractivity contribution in [2.45, 2.75) is 45.8 Å². The third-order valence-corrected chi connectivity index (χ3v) is 2.26. The summed E-state index contributed by atoms with van der Waals surface area (Å²) in [6.07, 6.45) is 7.38. The number of aromatic nitrogens is 2. The molecule has 0 spiro atoms. The lowest BCUT2D eigenvalue weighted by Crippen LogP contribution is -2.37. The smallest absolute Gasteiger partial charge is 0.0763 e. The minimum Gasteiger partial charge on any atom is -0.296 e. The minimum absolute atomic E-state index is 0.276. The third kappa shape index (κ3) is 3.41. The summed E-state index contributed by atoms with van der Waals surface area (Å²) in [7, 11) is 0. The van der Waals surface area contributed by atoms with Crippen LogP contribution in [0.25, 0.3) is 0 Å². The Morgan fingerprint density at radius 1 is 1.60 bits per heavy atom. The van der Waals surface area contributed by atoms with Gasteiger partial charge in [-0.1, -0.05) is 5.92 Å². The van der Waals surface area contributed by atoms with E-state index in [1.807, 2.05) is 30.8 Å². The molecule has 0 aliphatic heterocycles. The summed E-state index contributed by atoms with van der Waals surface area (Å²) in [4.78, 5) is 0. The minimum atomic E-state index is -0.276. The predicted octanol–water partition coefficient (Wildman–Crippen LogP) is 1.97. The molecule has 0 aliphatic carbocycles. The van der Waals surface area contributed by atoms with Gasteiger partial charge in [0.2, 0.25) is 0 Å². The fourth-order valence-corrected chi connectivity index (χ4v) is 1.12. The first-order valence-corrected chi connectivity index (χ1v) is 5.21. The summed E-state index contributed by atoms with van der Waals surface area (Å²) in [6.45, 7) is 8.88. The van der Waals surface area contributed by atoms with Crippen LogP contribution in [0.5, 0.6) is 0 Å². The number of hydrogen-bond acceptors (Lipinski definition) is 2. The Morgan fingerprint density at radius 2 is 2.27 bits per heavy atom. The maximum atomic E-state index is 5.39. The van der Waals surface area contributed by atoms with Crippen LogP contribution in [0.1, 0.15) is 39.4 Å². The molecule has 3 nitrogen and oxygen atoms in total. The van der Waals surface area contributed by atoms with Gasteiger partial charge in [-0.25, -0.2) is 0 Å². The number of nitrogens with zero attached hydrogens (tertiary/aromatic N) is 2. The van der Waals surface area contributed by atoms with Gasteiger partial charge in [0.25, 0.3) is 0 Å². The van der Waals surface area contributed by atoms with Gasteiger partial charge in [0.1, 0.15) is 0 Å². The van der Waals surface area contributed by atoms with Crippen LogP contribution < -0.4 is 5.32 Å². The Balaban J connectivity index is 2.56. The maximum Gasteiger partial charge on any atom is 0.0763 e. The van der Waals surface area contributed by atoms with Gasteiger partial charge in [-0.15, -0.1) is 6.42 Å². The van der Waals surface area contributed by atoms with Gasteiger partial charge in [0, 0.05) is 18.8 Å². The van der Waals surface area contributed by atoms with E-state index < -0.39 is 0 Å². The number of terminal acetylenes is 1. The molecular formula is C12H19N3. The Kier molecular flexibility index (Phi) is 3.54. The molecule has 0 radical (unpaired) electrons. The normalized spacial score (nSPS) is 11.7. The van der Waals surface area contributed by atoms with Gasteiger partial charge < -0.3 is 0 Å². The monoisotopic (exact) mass is 205 g/mol. The van der Waals surface area contributed by atoms with Crippen LogP contribution in [0, 0.1) is 12.3 Å². The first kappa shape index (κ1) is 11.8. The fraction of sp³-hybridized carbons (Fsp3) is 0.583. The topological polar surface area (TPSA) is 29.9 Å². The largest absolute Gasteiger partial charge is 0.296 e. The van der Waals surface area contributed by atoms with Crippen molar-refractivity contribution >= 4 is 0 Å². The Labute approximate surface area is 91.9 Å². The summed E-state index contributed by atoms with van der Waals surface area (Å²) in [5, 5.41) is 7.70. The van der Waals surface area contributed by atoms with Crippen LogP contribution in [0.3, 0.4) is 0 Å². The van der Waals surface area contributed by atoms with Crippen molar-refractivity contribution in [3.63, 3.8) is 0 Å². The van der Waals surface area contributed by atoms with Gasteiger partial charge in [0.05, 0.1) is 11.2 Å². The molecule has 3 heteroatoms. The maximum absolute atomic E-state index is 5.39. The van der Waals surface area contributed by atoms with Crippen LogP contribution in [-0.2, 0) is 6.54 Å². The quantitative estimate of drug-likeness (QED) is 0.762. The molecule has 0 unspecified atom stereocenters. The molecule has 1 rings (SSSR count). The average molecular weight is 205 g/mol. The van der Waals surface area contributed by atoms with E-state index in [2.05, 4.69) is 30.2 Å². The first-order valence-electron chi connectivity index (χ1n) is 5.21. The van der Waals surface area contributed by atoms with Gasteiger partial charge in [-0.2, -0.15) is 5.10 Å². The lowest BCUT2D eigenvalue weighted by Gasteiger charge is -2.18. The predicted molar refractivity (Wildman–Crippen MR) is 62.4 cm³/mol. The van der Waals surface area contributed by atoms with E-state index in [-0.39, 0.29) is 5.54 Å². The number of nitrogens with one attached hydrogen (secondary N) is 1. The average Bonchev–Trinajstić information content (AvgIpc) is 2.63. The molecule has 0 aliphatic rings. The first-order chi connectivity index (χ1) is 6.94. The van der Waals surface area contributed by atoms with E-state index in [9.17, 15) is 0 Å². The lowest BCUT2D eigenvalue weighted by atomic mass is 10.1. The molecule has 0 aromatic carbocycles. The van der Waals surface area contributed by atoms with Crippen LogP contribution in [0.15, 0.2) is 12.3 Å². The standard InChI is InChI=1S/C12H19N3/c1-6-12(4,5)13-9-11-7-8-15(14-11)10(2)3/h1,7-8,10,13H,9H2,2-5H3. The van der Waals surface area contributed by atoms with Crippen LogP contribution >= 0.6 is 0 Å². The second-order valence-corrected chi connectivity index (χ2v) is 4.50. The second-order valence-electron chi connectivity index (χ2n) is 4.50. The SMILES string of the molecule is C#CC(C)(C)NCc1ccn(C(C)C)n1. The zero-order chi connectivity index (χ0) is 11.5. The van der Waals surface area contributed by atoms with E-state index in [0.717, 1.165) is 5.69 Å². The van der Waals surface area contributed by atoms with Crippen molar-refractivity contribution in [2.24, 2.45) is 0 Å². The van der Waals surface area contributed by atoms with Crippen molar-refractivity contribution in [1.29, 1.82) is 0 Å². The van der Waals surface area contributed by atoms with E-state index in [1.54, 1.807) is 0 Å². The second kappa shape index (κ2) is 4.50. The Bertz CT molecular complexity index is 355. The van der Waals surface area contributed by atoms with Gasteiger partial charge in [-0.3, -0.25) is 10.00 Å². The summed E-state index contributed by atoms with van der Waals surface area (Å²) >= 11 is 0. The van der Waals surface area contributed by atoms with Gasteiger partial charge >= 0.3 is 0 Å². The Hall–Kier alpha value is -1.27. The molecule has 0 fully saturated rings. The highest BCUT2D eigenvalue weighted by atomic mass is 15.3. The summed E-state index contributed by atoms with van der Waals surface area (Å²) in [6, 6.07) is 2.42.